The zero-order chi connectivity index (χ0) is 20.0. The maximum atomic E-state index is 13.2. The van der Waals surface area contributed by atoms with Crippen LogP contribution in [-0.4, -0.2) is 16.8 Å². The molecule has 0 radical (unpaired) electrons. The van der Waals surface area contributed by atoms with Crippen LogP contribution in [0.25, 0.3) is 0 Å². The molecule has 1 aliphatic rings. The Hall–Kier alpha value is -2.17. The van der Waals surface area contributed by atoms with E-state index < -0.39 is 16.9 Å². The number of anilines is 1. The number of carbonyl (C=O) groups excluding carboxylic acids is 2. The number of nitrogens with zero attached hydrogens (tertiary/aromatic N) is 1. The predicted octanol–water partition coefficient (Wildman–Crippen LogP) is 4.39. The van der Waals surface area contributed by atoms with Crippen LogP contribution in [0.1, 0.15) is 43.9 Å². The first-order valence-electron chi connectivity index (χ1n) is 8.95. The van der Waals surface area contributed by atoms with Gasteiger partial charge in [-0.05, 0) is 30.7 Å². The lowest BCUT2D eigenvalue weighted by molar-refractivity contribution is -0.144. The van der Waals surface area contributed by atoms with Crippen molar-refractivity contribution in [3.05, 3.63) is 64.2 Å². The second-order valence-corrected chi connectivity index (χ2v) is 8.69. The molecule has 142 valence electrons. The van der Waals surface area contributed by atoms with Crippen molar-refractivity contribution in [1.29, 1.82) is 0 Å². The fourth-order valence-corrected chi connectivity index (χ4v) is 3.40. The van der Waals surface area contributed by atoms with E-state index in [9.17, 15) is 14.7 Å². The molecule has 0 aliphatic carbocycles. The number of hydrogen-bond donors (Lipinski definition) is 1. The second-order valence-electron chi connectivity index (χ2n) is 8.25. The summed E-state index contributed by atoms with van der Waals surface area (Å²) >= 11 is 6.12. The summed E-state index contributed by atoms with van der Waals surface area (Å²) in [6, 6.07) is 12.9. The van der Waals surface area contributed by atoms with Gasteiger partial charge in [0.2, 0.25) is 0 Å². The third-order valence-corrected chi connectivity index (χ3v) is 5.24. The molecule has 1 aliphatic heterocycles. The first kappa shape index (κ1) is 19.6. The average Bonchev–Trinajstić information content (AvgIpc) is 2.78. The van der Waals surface area contributed by atoms with Crippen molar-refractivity contribution < 1.29 is 14.7 Å². The van der Waals surface area contributed by atoms with Crippen molar-refractivity contribution in [1.82, 2.24) is 0 Å². The number of ketones is 1. The molecule has 0 saturated carbocycles. The standard InChI is InChI=1S/C22H24ClNO3/c1-14-5-7-15(8-6-14)13-24-18-10-9-16(23)11-17(18)22(27,20(24)26)12-19(25)21(2,3)4/h5-11,27H,12-13H2,1-4H3/t22-/m1/s1. The highest BCUT2D eigenvalue weighted by Crippen LogP contribution is 2.45. The minimum absolute atomic E-state index is 0.179. The zero-order valence-corrected chi connectivity index (χ0v) is 16.8. The fraction of sp³-hybridized carbons (Fsp3) is 0.364. The smallest absolute Gasteiger partial charge is 0.264 e. The van der Waals surface area contributed by atoms with Gasteiger partial charge in [0.25, 0.3) is 5.91 Å². The fourth-order valence-electron chi connectivity index (χ4n) is 3.22. The minimum atomic E-state index is -1.89. The molecular formula is C22H24ClNO3. The third-order valence-electron chi connectivity index (χ3n) is 5.01. The van der Waals surface area contributed by atoms with E-state index in [4.69, 9.17) is 11.6 Å². The van der Waals surface area contributed by atoms with Crippen LogP contribution in [-0.2, 0) is 21.7 Å². The summed E-state index contributed by atoms with van der Waals surface area (Å²) in [6.45, 7) is 7.65. The van der Waals surface area contributed by atoms with Gasteiger partial charge in [0, 0.05) is 22.4 Å². The number of aryl methyl sites for hydroxylation is 1. The number of benzene rings is 2. The van der Waals surface area contributed by atoms with Crippen molar-refractivity contribution in [3.8, 4) is 0 Å². The van der Waals surface area contributed by atoms with E-state index >= 15 is 0 Å². The van der Waals surface area contributed by atoms with Gasteiger partial charge in [-0.3, -0.25) is 9.59 Å². The molecule has 1 heterocycles. The van der Waals surface area contributed by atoms with Crippen molar-refractivity contribution in [2.75, 3.05) is 4.90 Å². The van der Waals surface area contributed by atoms with Crippen LogP contribution in [0.15, 0.2) is 42.5 Å². The summed E-state index contributed by atoms with van der Waals surface area (Å²) in [5.74, 6) is -0.667. The normalized spacial score (nSPS) is 19.3. The van der Waals surface area contributed by atoms with Crippen LogP contribution in [0.4, 0.5) is 5.69 Å². The van der Waals surface area contributed by atoms with Crippen LogP contribution in [0.5, 0.6) is 0 Å². The van der Waals surface area contributed by atoms with Gasteiger partial charge in [-0.25, -0.2) is 0 Å². The van der Waals surface area contributed by atoms with E-state index in [1.165, 1.54) is 4.90 Å². The van der Waals surface area contributed by atoms with Crippen molar-refractivity contribution in [2.45, 2.75) is 46.3 Å². The molecule has 0 fully saturated rings. The van der Waals surface area contributed by atoms with E-state index in [0.29, 0.717) is 22.8 Å². The summed E-state index contributed by atoms with van der Waals surface area (Å²) in [4.78, 5) is 27.3. The predicted molar refractivity (Wildman–Crippen MR) is 107 cm³/mol. The number of carbonyl (C=O) groups is 2. The van der Waals surface area contributed by atoms with E-state index in [-0.39, 0.29) is 12.2 Å². The summed E-state index contributed by atoms with van der Waals surface area (Å²) in [5.41, 5.74) is 0.514. The van der Waals surface area contributed by atoms with Gasteiger partial charge in [-0.15, -0.1) is 0 Å². The molecule has 0 bridgehead atoms. The van der Waals surface area contributed by atoms with Crippen LogP contribution in [0, 0.1) is 12.3 Å². The monoisotopic (exact) mass is 385 g/mol. The van der Waals surface area contributed by atoms with E-state index in [0.717, 1.165) is 11.1 Å². The maximum absolute atomic E-state index is 13.2. The number of aliphatic hydroxyl groups is 1. The topological polar surface area (TPSA) is 57.6 Å². The van der Waals surface area contributed by atoms with Gasteiger partial charge in [-0.1, -0.05) is 62.2 Å². The van der Waals surface area contributed by atoms with Crippen molar-refractivity contribution in [3.63, 3.8) is 0 Å². The largest absolute Gasteiger partial charge is 0.375 e. The quantitative estimate of drug-likeness (QED) is 0.849. The molecule has 27 heavy (non-hydrogen) atoms. The third kappa shape index (κ3) is 3.64. The highest BCUT2D eigenvalue weighted by molar-refractivity contribution is 6.31. The number of amides is 1. The second kappa shape index (κ2) is 6.77. The SMILES string of the molecule is Cc1ccc(CN2C(=O)[C@@](O)(CC(=O)C(C)(C)C)c3cc(Cl)ccc32)cc1. The van der Waals surface area contributed by atoms with Gasteiger partial charge in [-0.2, -0.15) is 0 Å². The highest BCUT2D eigenvalue weighted by atomic mass is 35.5. The summed E-state index contributed by atoms with van der Waals surface area (Å²) in [7, 11) is 0. The maximum Gasteiger partial charge on any atom is 0.264 e. The molecule has 3 rings (SSSR count). The molecule has 1 atom stereocenters. The molecule has 4 nitrogen and oxygen atoms in total. The first-order chi connectivity index (χ1) is 12.5. The van der Waals surface area contributed by atoms with Crippen LogP contribution in [0.3, 0.4) is 0 Å². The van der Waals surface area contributed by atoms with E-state index in [2.05, 4.69) is 0 Å². The first-order valence-corrected chi connectivity index (χ1v) is 9.33. The average molecular weight is 386 g/mol. The Morgan fingerprint density at radius 3 is 2.37 bits per heavy atom. The van der Waals surface area contributed by atoms with Crippen LogP contribution >= 0.6 is 11.6 Å². The van der Waals surface area contributed by atoms with Gasteiger partial charge < -0.3 is 10.0 Å². The van der Waals surface area contributed by atoms with E-state index in [1.54, 1.807) is 39.0 Å². The minimum Gasteiger partial charge on any atom is -0.375 e. The molecular weight excluding hydrogens is 362 g/mol. The van der Waals surface area contributed by atoms with E-state index in [1.807, 2.05) is 31.2 Å². The lowest BCUT2D eigenvalue weighted by Crippen LogP contribution is -2.43. The number of halogens is 1. The number of Topliss-reactive ketones (excluding diaryl/α,β-unsaturated/α-hetero) is 1. The lowest BCUT2D eigenvalue weighted by Gasteiger charge is -2.26. The van der Waals surface area contributed by atoms with Gasteiger partial charge in [0.1, 0.15) is 5.78 Å². The Balaban J connectivity index is 2.02. The Labute approximate surface area is 164 Å². The molecule has 2 aromatic rings. The summed E-state index contributed by atoms with van der Waals surface area (Å²) in [5, 5.41) is 11.7. The van der Waals surface area contributed by atoms with Crippen molar-refractivity contribution in [2.24, 2.45) is 5.41 Å². The van der Waals surface area contributed by atoms with Gasteiger partial charge in [0.05, 0.1) is 12.2 Å². The Kier molecular flexibility index (Phi) is 4.91. The van der Waals surface area contributed by atoms with Gasteiger partial charge in [0.15, 0.2) is 5.60 Å². The highest BCUT2D eigenvalue weighted by Gasteiger charge is 2.51. The number of fused-ring (bicyclic) bond motifs is 1. The number of rotatable bonds is 4. The molecule has 0 spiro atoms. The molecule has 0 unspecified atom stereocenters. The van der Waals surface area contributed by atoms with Crippen molar-refractivity contribution >= 4 is 29.0 Å². The molecule has 0 aromatic heterocycles. The summed E-state index contributed by atoms with van der Waals surface area (Å²) < 4.78 is 0. The lowest BCUT2D eigenvalue weighted by atomic mass is 9.81. The molecule has 0 saturated heterocycles. The molecule has 2 aromatic carbocycles. The Morgan fingerprint density at radius 1 is 1.15 bits per heavy atom. The summed E-state index contributed by atoms with van der Waals surface area (Å²) in [6.07, 6.45) is -0.271. The zero-order valence-electron chi connectivity index (χ0n) is 16.0. The Morgan fingerprint density at radius 2 is 1.78 bits per heavy atom. The van der Waals surface area contributed by atoms with Crippen LogP contribution in [0.2, 0.25) is 5.02 Å². The molecule has 5 heteroatoms. The Bertz CT molecular complexity index is 899. The van der Waals surface area contributed by atoms with Crippen LogP contribution < -0.4 is 4.90 Å². The van der Waals surface area contributed by atoms with Gasteiger partial charge >= 0.3 is 0 Å². The molecule has 1 N–H and O–H groups in total. The molecule has 1 amide bonds. The number of hydrogen-bond acceptors (Lipinski definition) is 3.